The highest BCUT2D eigenvalue weighted by Gasteiger charge is 2.22. The highest BCUT2D eigenvalue weighted by molar-refractivity contribution is 5.78. The number of hydrogen-bond donors (Lipinski definition) is 0. The van der Waals surface area contributed by atoms with Crippen molar-refractivity contribution < 1.29 is 18.7 Å². The summed E-state index contributed by atoms with van der Waals surface area (Å²) in [4.78, 5) is 25.1. The molecule has 0 aliphatic carbocycles. The van der Waals surface area contributed by atoms with Gasteiger partial charge in [-0.3, -0.25) is 4.79 Å². The zero-order chi connectivity index (χ0) is 22.3. The molecule has 1 aliphatic heterocycles. The molecule has 3 aromatic rings. The fourth-order valence-electron chi connectivity index (χ4n) is 3.52. The first-order valence-electron chi connectivity index (χ1n) is 10.6. The van der Waals surface area contributed by atoms with Gasteiger partial charge in [-0.2, -0.15) is 0 Å². The van der Waals surface area contributed by atoms with Gasteiger partial charge in [-0.05, 0) is 55.5 Å². The lowest BCUT2D eigenvalue weighted by atomic mass is 10.1. The van der Waals surface area contributed by atoms with E-state index in [4.69, 9.17) is 9.47 Å². The van der Waals surface area contributed by atoms with Gasteiger partial charge in [-0.15, -0.1) is 0 Å². The Hall–Kier alpha value is -3.68. The SMILES string of the molecule is CCOc1ccc(OCC(=O)N2CCN(c3cc(-c4ccc(F)cc4)ncn3)CC2)cc1. The summed E-state index contributed by atoms with van der Waals surface area (Å²) in [5.74, 6) is 1.87. The van der Waals surface area contributed by atoms with Crippen LogP contribution in [0, 0.1) is 5.82 Å². The Labute approximate surface area is 186 Å². The summed E-state index contributed by atoms with van der Waals surface area (Å²) in [7, 11) is 0. The molecule has 0 bridgehead atoms. The zero-order valence-corrected chi connectivity index (χ0v) is 17.9. The van der Waals surface area contributed by atoms with Crippen LogP contribution in [0.2, 0.25) is 0 Å². The first kappa shape index (κ1) is 21.5. The summed E-state index contributed by atoms with van der Waals surface area (Å²) in [6, 6.07) is 15.3. The van der Waals surface area contributed by atoms with Crippen LogP contribution in [0.3, 0.4) is 0 Å². The minimum Gasteiger partial charge on any atom is -0.494 e. The molecular weight excluding hydrogens is 411 g/mol. The second-order valence-corrected chi connectivity index (χ2v) is 7.33. The van der Waals surface area contributed by atoms with Crippen LogP contribution >= 0.6 is 0 Å². The molecule has 8 heteroatoms. The van der Waals surface area contributed by atoms with Gasteiger partial charge in [-0.1, -0.05) is 0 Å². The maximum Gasteiger partial charge on any atom is 0.260 e. The van der Waals surface area contributed by atoms with E-state index in [2.05, 4.69) is 14.9 Å². The van der Waals surface area contributed by atoms with Gasteiger partial charge in [0.05, 0.1) is 12.3 Å². The molecule has 2 aromatic carbocycles. The number of amides is 1. The summed E-state index contributed by atoms with van der Waals surface area (Å²) in [5.41, 5.74) is 1.56. The molecular formula is C24H25FN4O3. The van der Waals surface area contributed by atoms with Crippen molar-refractivity contribution in [3.63, 3.8) is 0 Å². The molecule has 1 aliphatic rings. The van der Waals surface area contributed by atoms with Gasteiger partial charge in [0.25, 0.3) is 5.91 Å². The zero-order valence-electron chi connectivity index (χ0n) is 17.9. The van der Waals surface area contributed by atoms with Gasteiger partial charge >= 0.3 is 0 Å². The van der Waals surface area contributed by atoms with E-state index < -0.39 is 0 Å². The Morgan fingerprint density at radius 3 is 2.25 bits per heavy atom. The summed E-state index contributed by atoms with van der Waals surface area (Å²) in [6.07, 6.45) is 1.51. The predicted molar refractivity (Wildman–Crippen MR) is 119 cm³/mol. The van der Waals surface area contributed by atoms with Crippen LogP contribution in [0.15, 0.2) is 60.9 Å². The van der Waals surface area contributed by atoms with Crippen LogP contribution in [0.1, 0.15) is 6.92 Å². The number of aromatic nitrogens is 2. The standard InChI is InChI=1S/C24H25FN4O3/c1-2-31-20-7-9-21(10-8-20)32-16-24(30)29-13-11-28(12-14-29)23-15-22(26-17-27-23)18-3-5-19(25)6-4-18/h3-10,15,17H,2,11-14,16H2,1H3. The molecule has 0 saturated carbocycles. The number of hydrogen-bond acceptors (Lipinski definition) is 6. The summed E-state index contributed by atoms with van der Waals surface area (Å²) < 4.78 is 24.2. The highest BCUT2D eigenvalue weighted by atomic mass is 19.1. The van der Waals surface area contributed by atoms with Crippen LogP contribution < -0.4 is 14.4 Å². The van der Waals surface area contributed by atoms with E-state index >= 15 is 0 Å². The number of carbonyl (C=O) groups is 1. The molecule has 1 aromatic heterocycles. The number of nitrogens with zero attached hydrogens (tertiary/aromatic N) is 4. The number of benzene rings is 2. The van der Waals surface area contributed by atoms with Crippen molar-refractivity contribution in [1.29, 1.82) is 0 Å². The molecule has 0 unspecified atom stereocenters. The van der Waals surface area contributed by atoms with Crippen LogP contribution in [0.4, 0.5) is 10.2 Å². The third-order valence-electron chi connectivity index (χ3n) is 5.25. The molecule has 1 fully saturated rings. The Kier molecular flexibility index (Phi) is 6.79. The molecule has 0 atom stereocenters. The lowest BCUT2D eigenvalue weighted by Crippen LogP contribution is -2.50. The maximum atomic E-state index is 13.2. The Morgan fingerprint density at radius 1 is 0.938 bits per heavy atom. The van der Waals surface area contributed by atoms with Crippen molar-refractivity contribution in [2.75, 3.05) is 44.3 Å². The molecule has 1 saturated heterocycles. The van der Waals surface area contributed by atoms with Crippen LogP contribution in [0.25, 0.3) is 11.3 Å². The van der Waals surface area contributed by atoms with Crippen molar-refractivity contribution in [1.82, 2.24) is 14.9 Å². The average Bonchev–Trinajstić information content (AvgIpc) is 2.84. The van der Waals surface area contributed by atoms with Crippen molar-refractivity contribution >= 4 is 11.7 Å². The average molecular weight is 436 g/mol. The smallest absolute Gasteiger partial charge is 0.260 e. The van der Waals surface area contributed by atoms with E-state index in [1.165, 1.54) is 18.5 Å². The normalized spacial score (nSPS) is 13.7. The lowest BCUT2D eigenvalue weighted by molar-refractivity contribution is -0.133. The van der Waals surface area contributed by atoms with Crippen LogP contribution in [-0.4, -0.2) is 60.2 Å². The summed E-state index contributed by atoms with van der Waals surface area (Å²) >= 11 is 0. The molecule has 166 valence electrons. The Bertz CT molecular complexity index is 1040. The van der Waals surface area contributed by atoms with Gasteiger partial charge in [-0.25, -0.2) is 14.4 Å². The molecule has 7 nitrogen and oxygen atoms in total. The third-order valence-corrected chi connectivity index (χ3v) is 5.25. The van der Waals surface area contributed by atoms with E-state index in [1.807, 2.05) is 25.1 Å². The molecule has 32 heavy (non-hydrogen) atoms. The molecule has 1 amide bonds. The quantitative estimate of drug-likeness (QED) is 0.566. The third kappa shape index (κ3) is 5.32. The Balaban J connectivity index is 1.29. The van der Waals surface area contributed by atoms with Crippen molar-refractivity contribution in [2.24, 2.45) is 0 Å². The molecule has 2 heterocycles. The lowest BCUT2D eigenvalue weighted by Gasteiger charge is -2.35. The summed E-state index contributed by atoms with van der Waals surface area (Å²) in [6.45, 7) is 5.02. The molecule has 0 N–H and O–H groups in total. The topological polar surface area (TPSA) is 67.8 Å². The van der Waals surface area contributed by atoms with Gasteiger partial charge < -0.3 is 19.3 Å². The van der Waals surface area contributed by atoms with E-state index in [1.54, 1.807) is 29.2 Å². The second-order valence-electron chi connectivity index (χ2n) is 7.33. The first-order valence-corrected chi connectivity index (χ1v) is 10.6. The highest BCUT2D eigenvalue weighted by Crippen LogP contribution is 2.22. The van der Waals surface area contributed by atoms with Crippen molar-refractivity contribution in [3.8, 4) is 22.8 Å². The maximum absolute atomic E-state index is 13.2. The van der Waals surface area contributed by atoms with Crippen molar-refractivity contribution in [2.45, 2.75) is 6.92 Å². The predicted octanol–water partition coefficient (Wildman–Crippen LogP) is 3.41. The van der Waals surface area contributed by atoms with E-state index in [-0.39, 0.29) is 18.3 Å². The number of carbonyl (C=O) groups excluding carboxylic acids is 1. The minimum absolute atomic E-state index is 0.00377. The fraction of sp³-hybridized carbons (Fsp3) is 0.292. The number of halogens is 1. The van der Waals surface area contributed by atoms with Gasteiger partial charge in [0.15, 0.2) is 6.61 Å². The van der Waals surface area contributed by atoms with Gasteiger partial charge in [0.1, 0.15) is 29.5 Å². The second kappa shape index (κ2) is 10.1. The molecule has 0 spiro atoms. The largest absolute Gasteiger partial charge is 0.494 e. The molecule has 4 rings (SSSR count). The number of piperazine rings is 1. The van der Waals surface area contributed by atoms with Crippen LogP contribution in [-0.2, 0) is 4.79 Å². The number of rotatable bonds is 7. The van der Waals surface area contributed by atoms with E-state index in [0.29, 0.717) is 38.5 Å². The van der Waals surface area contributed by atoms with E-state index in [9.17, 15) is 9.18 Å². The van der Waals surface area contributed by atoms with Gasteiger partial charge in [0, 0.05) is 37.8 Å². The Morgan fingerprint density at radius 2 is 1.59 bits per heavy atom. The first-order chi connectivity index (χ1) is 15.6. The van der Waals surface area contributed by atoms with Gasteiger partial charge in [0.2, 0.25) is 0 Å². The van der Waals surface area contributed by atoms with Crippen LogP contribution in [0.5, 0.6) is 11.5 Å². The monoisotopic (exact) mass is 436 g/mol. The number of ether oxygens (including phenoxy) is 2. The summed E-state index contributed by atoms with van der Waals surface area (Å²) in [5, 5.41) is 0. The fourth-order valence-corrected chi connectivity index (χ4v) is 3.52. The van der Waals surface area contributed by atoms with E-state index in [0.717, 1.165) is 22.8 Å². The van der Waals surface area contributed by atoms with Crippen molar-refractivity contribution in [3.05, 3.63) is 66.7 Å². The molecule has 0 radical (unpaired) electrons. The minimum atomic E-state index is -0.282. The number of anilines is 1.